The quantitative estimate of drug-likeness (QED) is 0.753. The Morgan fingerprint density at radius 3 is 2.85 bits per heavy atom. The average Bonchev–Trinajstić information content (AvgIpc) is 2.74. The third-order valence-electron chi connectivity index (χ3n) is 2.56. The predicted octanol–water partition coefficient (Wildman–Crippen LogP) is 1.70. The Morgan fingerprint density at radius 1 is 1.54 bits per heavy atom. The molecule has 0 unspecified atom stereocenters. The SMILES string of the molecule is O=C(O)c1ccnn1C1CCCC1. The van der Waals surface area contributed by atoms with Crippen molar-refractivity contribution in [1.29, 1.82) is 0 Å². The summed E-state index contributed by atoms with van der Waals surface area (Å²) in [5.74, 6) is -0.885. The van der Waals surface area contributed by atoms with Crippen LogP contribution in [0, 0.1) is 0 Å². The van der Waals surface area contributed by atoms with Crippen molar-refractivity contribution in [1.82, 2.24) is 9.78 Å². The van der Waals surface area contributed by atoms with E-state index in [1.165, 1.54) is 12.8 Å². The molecule has 1 heterocycles. The molecular weight excluding hydrogens is 168 g/mol. The van der Waals surface area contributed by atoms with E-state index in [-0.39, 0.29) is 0 Å². The standard InChI is InChI=1S/C9H12N2O2/c12-9(13)8-5-6-10-11(8)7-3-1-2-4-7/h5-7H,1-4H2,(H,12,13). The van der Waals surface area contributed by atoms with Crippen LogP contribution in [0.5, 0.6) is 0 Å². The molecule has 0 bridgehead atoms. The van der Waals surface area contributed by atoms with Crippen molar-refractivity contribution in [3.05, 3.63) is 18.0 Å². The summed E-state index contributed by atoms with van der Waals surface area (Å²) < 4.78 is 1.65. The molecule has 4 heteroatoms. The van der Waals surface area contributed by atoms with E-state index in [1.54, 1.807) is 16.9 Å². The van der Waals surface area contributed by atoms with Gasteiger partial charge in [0.2, 0.25) is 0 Å². The number of carboxylic acid groups (broad SMARTS) is 1. The maximum absolute atomic E-state index is 10.8. The molecule has 0 amide bonds. The van der Waals surface area contributed by atoms with E-state index in [4.69, 9.17) is 5.11 Å². The van der Waals surface area contributed by atoms with Crippen molar-refractivity contribution in [2.75, 3.05) is 0 Å². The van der Waals surface area contributed by atoms with E-state index in [2.05, 4.69) is 5.10 Å². The van der Waals surface area contributed by atoms with Crippen LogP contribution in [0.15, 0.2) is 12.3 Å². The Bertz CT molecular complexity index is 313. The van der Waals surface area contributed by atoms with Crippen LogP contribution in [0.2, 0.25) is 0 Å². The topological polar surface area (TPSA) is 55.1 Å². The molecule has 0 aliphatic heterocycles. The van der Waals surface area contributed by atoms with Crippen LogP contribution < -0.4 is 0 Å². The Labute approximate surface area is 76.2 Å². The summed E-state index contributed by atoms with van der Waals surface area (Å²) >= 11 is 0. The number of hydrogen-bond donors (Lipinski definition) is 1. The molecular formula is C9H12N2O2. The lowest BCUT2D eigenvalue weighted by atomic mass is 10.2. The first kappa shape index (κ1) is 8.29. The highest BCUT2D eigenvalue weighted by molar-refractivity contribution is 5.85. The molecule has 1 fully saturated rings. The Balaban J connectivity index is 2.28. The van der Waals surface area contributed by atoms with Gasteiger partial charge in [-0.15, -0.1) is 0 Å². The van der Waals surface area contributed by atoms with Crippen molar-refractivity contribution in [2.24, 2.45) is 0 Å². The lowest BCUT2D eigenvalue weighted by Gasteiger charge is -2.11. The molecule has 0 atom stereocenters. The van der Waals surface area contributed by atoms with Gasteiger partial charge in [-0.25, -0.2) is 4.79 Å². The summed E-state index contributed by atoms with van der Waals surface area (Å²) in [5.41, 5.74) is 0.312. The van der Waals surface area contributed by atoms with Gasteiger partial charge in [-0.3, -0.25) is 4.68 Å². The van der Waals surface area contributed by atoms with Crippen molar-refractivity contribution >= 4 is 5.97 Å². The first-order valence-electron chi connectivity index (χ1n) is 4.56. The van der Waals surface area contributed by atoms with E-state index in [0.717, 1.165) is 12.8 Å². The van der Waals surface area contributed by atoms with Crippen LogP contribution in [-0.4, -0.2) is 20.9 Å². The number of aromatic carboxylic acids is 1. The van der Waals surface area contributed by atoms with E-state index in [0.29, 0.717) is 11.7 Å². The minimum Gasteiger partial charge on any atom is -0.477 e. The Kier molecular flexibility index (Phi) is 2.04. The molecule has 0 aromatic carbocycles. The Hall–Kier alpha value is -1.32. The number of rotatable bonds is 2. The third kappa shape index (κ3) is 1.43. The van der Waals surface area contributed by atoms with E-state index < -0.39 is 5.97 Å². The van der Waals surface area contributed by atoms with Crippen LogP contribution in [0.1, 0.15) is 42.2 Å². The molecule has 2 rings (SSSR count). The minimum absolute atomic E-state index is 0.307. The van der Waals surface area contributed by atoms with Gasteiger partial charge in [0, 0.05) is 6.20 Å². The molecule has 70 valence electrons. The third-order valence-corrected chi connectivity index (χ3v) is 2.56. The van der Waals surface area contributed by atoms with Gasteiger partial charge in [0.05, 0.1) is 6.04 Å². The molecule has 1 aromatic heterocycles. The highest BCUT2D eigenvalue weighted by Crippen LogP contribution is 2.29. The van der Waals surface area contributed by atoms with Crippen LogP contribution in [0.3, 0.4) is 0 Å². The fraction of sp³-hybridized carbons (Fsp3) is 0.556. The second-order valence-electron chi connectivity index (χ2n) is 3.40. The zero-order valence-electron chi connectivity index (χ0n) is 7.31. The monoisotopic (exact) mass is 180 g/mol. The van der Waals surface area contributed by atoms with Gasteiger partial charge in [-0.1, -0.05) is 12.8 Å². The van der Waals surface area contributed by atoms with Crippen LogP contribution >= 0.6 is 0 Å². The number of carbonyl (C=O) groups is 1. The maximum atomic E-state index is 10.8. The fourth-order valence-electron chi connectivity index (χ4n) is 1.92. The van der Waals surface area contributed by atoms with E-state index in [9.17, 15) is 4.79 Å². The van der Waals surface area contributed by atoms with Gasteiger partial charge in [0.15, 0.2) is 0 Å². The second kappa shape index (κ2) is 3.20. The normalized spacial score (nSPS) is 17.8. The van der Waals surface area contributed by atoms with Crippen LogP contribution in [-0.2, 0) is 0 Å². The molecule has 4 nitrogen and oxygen atoms in total. The maximum Gasteiger partial charge on any atom is 0.354 e. The van der Waals surface area contributed by atoms with Gasteiger partial charge in [-0.2, -0.15) is 5.10 Å². The van der Waals surface area contributed by atoms with Gasteiger partial charge < -0.3 is 5.11 Å². The van der Waals surface area contributed by atoms with Crippen molar-refractivity contribution in [3.63, 3.8) is 0 Å². The molecule has 1 saturated carbocycles. The lowest BCUT2D eigenvalue weighted by Crippen LogP contribution is -2.13. The van der Waals surface area contributed by atoms with Gasteiger partial charge >= 0.3 is 5.97 Å². The highest BCUT2D eigenvalue weighted by atomic mass is 16.4. The van der Waals surface area contributed by atoms with E-state index >= 15 is 0 Å². The van der Waals surface area contributed by atoms with Crippen molar-refractivity contribution in [3.8, 4) is 0 Å². The Morgan fingerprint density at radius 2 is 2.23 bits per heavy atom. The molecule has 1 aromatic rings. The summed E-state index contributed by atoms with van der Waals surface area (Å²) in [4.78, 5) is 10.8. The van der Waals surface area contributed by atoms with Crippen LogP contribution in [0.4, 0.5) is 0 Å². The average molecular weight is 180 g/mol. The molecule has 1 aliphatic carbocycles. The molecule has 0 spiro atoms. The molecule has 1 aliphatic rings. The second-order valence-corrected chi connectivity index (χ2v) is 3.40. The fourth-order valence-corrected chi connectivity index (χ4v) is 1.92. The van der Waals surface area contributed by atoms with Gasteiger partial charge in [0.1, 0.15) is 5.69 Å². The van der Waals surface area contributed by atoms with Gasteiger partial charge in [0.25, 0.3) is 0 Å². The number of hydrogen-bond acceptors (Lipinski definition) is 2. The number of nitrogens with zero attached hydrogens (tertiary/aromatic N) is 2. The van der Waals surface area contributed by atoms with Gasteiger partial charge in [-0.05, 0) is 18.9 Å². The smallest absolute Gasteiger partial charge is 0.354 e. The minimum atomic E-state index is -0.885. The van der Waals surface area contributed by atoms with Crippen molar-refractivity contribution in [2.45, 2.75) is 31.7 Å². The zero-order chi connectivity index (χ0) is 9.26. The molecule has 13 heavy (non-hydrogen) atoms. The zero-order valence-corrected chi connectivity index (χ0v) is 7.31. The summed E-state index contributed by atoms with van der Waals surface area (Å²) in [6.07, 6.45) is 6.04. The largest absolute Gasteiger partial charge is 0.477 e. The highest BCUT2D eigenvalue weighted by Gasteiger charge is 2.21. The first-order chi connectivity index (χ1) is 6.29. The predicted molar refractivity (Wildman–Crippen MR) is 46.7 cm³/mol. The summed E-state index contributed by atoms with van der Waals surface area (Å²) in [7, 11) is 0. The number of carboxylic acids is 1. The lowest BCUT2D eigenvalue weighted by molar-refractivity contribution is 0.0680. The summed E-state index contributed by atoms with van der Waals surface area (Å²) in [6.45, 7) is 0. The first-order valence-corrected chi connectivity index (χ1v) is 4.56. The summed E-state index contributed by atoms with van der Waals surface area (Å²) in [6, 6.07) is 1.86. The van der Waals surface area contributed by atoms with Crippen LogP contribution in [0.25, 0.3) is 0 Å². The molecule has 1 N–H and O–H groups in total. The molecule has 0 saturated heterocycles. The number of aromatic nitrogens is 2. The van der Waals surface area contributed by atoms with Crippen molar-refractivity contribution < 1.29 is 9.90 Å². The van der Waals surface area contributed by atoms with E-state index in [1.807, 2.05) is 0 Å². The summed E-state index contributed by atoms with van der Waals surface area (Å²) in [5, 5.41) is 12.9. The molecule has 0 radical (unpaired) electrons.